The van der Waals surface area contributed by atoms with Gasteiger partial charge in [0.1, 0.15) is 5.75 Å². The second-order valence-electron chi connectivity index (χ2n) is 6.91. The lowest BCUT2D eigenvalue weighted by Crippen LogP contribution is -2.24. The van der Waals surface area contributed by atoms with Crippen LogP contribution in [0.15, 0.2) is 59.1 Å². The van der Waals surface area contributed by atoms with Crippen molar-refractivity contribution >= 4 is 27.7 Å². The fourth-order valence-corrected chi connectivity index (χ4v) is 3.54. The number of Topliss-reactive ketones (excluding diaryl/α,β-unsaturated/α-hetero) is 1. The Morgan fingerprint density at radius 2 is 1.61 bits per heavy atom. The van der Waals surface area contributed by atoms with Crippen LogP contribution in [0.2, 0.25) is 0 Å². The van der Waals surface area contributed by atoms with E-state index in [0.717, 1.165) is 10.2 Å². The number of aromatic nitrogens is 1. The molecule has 1 atom stereocenters. The summed E-state index contributed by atoms with van der Waals surface area (Å²) < 4.78 is 37.1. The van der Waals surface area contributed by atoms with E-state index in [4.69, 9.17) is 4.74 Å². The fraction of sp³-hybridized carbons (Fsp3) is 0.217. The van der Waals surface area contributed by atoms with Crippen LogP contribution in [0.25, 0.3) is 5.69 Å². The molecule has 2 aromatic carbocycles. The average molecular weight is 492 g/mol. The van der Waals surface area contributed by atoms with E-state index in [0.29, 0.717) is 22.5 Å². The second kappa shape index (κ2) is 9.43. The van der Waals surface area contributed by atoms with Crippen LogP contribution < -0.4 is 4.74 Å². The zero-order valence-corrected chi connectivity index (χ0v) is 18.7. The largest absolute Gasteiger partial charge is 0.451 e. The topological polar surface area (TPSA) is 57.5 Å². The van der Waals surface area contributed by atoms with Gasteiger partial charge >= 0.3 is 12.6 Å². The molecule has 8 heteroatoms. The van der Waals surface area contributed by atoms with Crippen molar-refractivity contribution in [3.05, 3.63) is 81.6 Å². The Morgan fingerprint density at radius 3 is 2.19 bits per heavy atom. The highest BCUT2D eigenvalue weighted by Crippen LogP contribution is 2.25. The number of alkyl halides is 2. The van der Waals surface area contributed by atoms with Crippen molar-refractivity contribution < 1.29 is 27.8 Å². The Labute approximate surface area is 186 Å². The minimum absolute atomic E-state index is 0.0472. The van der Waals surface area contributed by atoms with Crippen molar-refractivity contribution in [1.29, 1.82) is 0 Å². The normalized spacial score (nSPS) is 12.0. The highest BCUT2D eigenvalue weighted by Gasteiger charge is 2.25. The minimum Gasteiger partial charge on any atom is -0.451 e. The number of carbonyl (C=O) groups is 2. The summed E-state index contributed by atoms with van der Waals surface area (Å²) in [7, 11) is 0. The molecule has 1 aromatic heterocycles. The molecule has 0 aliphatic rings. The lowest BCUT2D eigenvalue weighted by atomic mass is 10.1. The molecular formula is C23H20BrF2NO4. The Kier molecular flexibility index (Phi) is 6.90. The molecule has 0 saturated heterocycles. The van der Waals surface area contributed by atoms with Gasteiger partial charge in [0.05, 0.1) is 5.56 Å². The number of hydrogen-bond acceptors (Lipinski definition) is 4. The summed E-state index contributed by atoms with van der Waals surface area (Å²) >= 11 is 3.30. The number of carbonyl (C=O) groups excluding carboxylic acids is 2. The van der Waals surface area contributed by atoms with E-state index in [2.05, 4.69) is 20.7 Å². The van der Waals surface area contributed by atoms with Crippen LogP contribution in [0.5, 0.6) is 5.75 Å². The van der Waals surface area contributed by atoms with Crippen molar-refractivity contribution in [2.45, 2.75) is 33.5 Å². The summed E-state index contributed by atoms with van der Waals surface area (Å²) in [6.07, 6.45) is -0.980. The third-order valence-corrected chi connectivity index (χ3v) is 5.28. The minimum atomic E-state index is -2.90. The first kappa shape index (κ1) is 22.7. The molecule has 0 bridgehead atoms. The molecule has 0 aliphatic carbocycles. The maximum absolute atomic E-state index is 13.0. The number of rotatable bonds is 7. The third kappa shape index (κ3) is 5.19. The van der Waals surface area contributed by atoms with Crippen molar-refractivity contribution in [2.75, 3.05) is 0 Å². The average Bonchev–Trinajstić information content (AvgIpc) is 3.02. The highest BCUT2D eigenvalue weighted by molar-refractivity contribution is 9.10. The van der Waals surface area contributed by atoms with Gasteiger partial charge in [0.25, 0.3) is 0 Å². The molecule has 3 aromatic rings. The second-order valence-corrected chi connectivity index (χ2v) is 7.83. The lowest BCUT2D eigenvalue weighted by molar-refractivity contribution is -0.0498. The van der Waals surface area contributed by atoms with Gasteiger partial charge in [-0.25, -0.2) is 4.79 Å². The third-order valence-electron chi connectivity index (χ3n) is 4.75. The summed E-state index contributed by atoms with van der Waals surface area (Å²) in [5.74, 6) is -0.870. The van der Waals surface area contributed by atoms with Crippen molar-refractivity contribution in [3.8, 4) is 11.4 Å². The van der Waals surface area contributed by atoms with E-state index in [1.807, 2.05) is 11.5 Å². The first-order chi connectivity index (χ1) is 14.7. The van der Waals surface area contributed by atoms with Crippen LogP contribution in [0.3, 0.4) is 0 Å². The van der Waals surface area contributed by atoms with Crippen LogP contribution in [0.1, 0.15) is 39.0 Å². The standard InChI is InChI=1S/C23H20BrF2NO4/c1-13-12-20(14(2)27(13)18-8-10-19(11-9-18)31-23(25)26)21(28)15(3)30-22(29)16-4-6-17(24)7-5-16/h4-12,15,23H,1-3H3. The van der Waals surface area contributed by atoms with Crippen LogP contribution in [0, 0.1) is 13.8 Å². The lowest BCUT2D eigenvalue weighted by Gasteiger charge is -2.14. The molecule has 1 heterocycles. The van der Waals surface area contributed by atoms with E-state index >= 15 is 0 Å². The molecule has 0 spiro atoms. The maximum atomic E-state index is 13.0. The molecule has 31 heavy (non-hydrogen) atoms. The fourth-order valence-electron chi connectivity index (χ4n) is 3.27. The van der Waals surface area contributed by atoms with Gasteiger partial charge in [0.2, 0.25) is 5.78 Å². The van der Waals surface area contributed by atoms with Crippen LogP contribution in [0.4, 0.5) is 8.78 Å². The van der Waals surface area contributed by atoms with Crippen molar-refractivity contribution in [1.82, 2.24) is 4.57 Å². The summed E-state index contributed by atoms with van der Waals surface area (Å²) in [4.78, 5) is 25.3. The molecular weight excluding hydrogens is 472 g/mol. The van der Waals surface area contributed by atoms with Gasteiger partial charge in [0.15, 0.2) is 6.10 Å². The predicted octanol–water partition coefficient (Wildman–Crippen LogP) is 5.89. The van der Waals surface area contributed by atoms with Gasteiger partial charge in [0, 0.05) is 27.1 Å². The predicted molar refractivity (Wildman–Crippen MR) is 115 cm³/mol. The van der Waals surface area contributed by atoms with E-state index in [1.165, 1.54) is 19.1 Å². The van der Waals surface area contributed by atoms with Gasteiger partial charge in [-0.3, -0.25) is 4.79 Å². The van der Waals surface area contributed by atoms with Gasteiger partial charge < -0.3 is 14.0 Å². The Morgan fingerprint density at radius 1 is 1.00 bits per heavy atom. The molecule has 5 nitrogen and oxygen atoms in total. The number of aryl methyl sites for hydroxylation is 1. The van der Waals surface area contributed by atoms with Crippen molar-refractivity contribution in [2.24, 2.45) is 0 Å². The molecule has 0 radical (unpaired) electrons. The van der Waals surface area contributed by atoms with Crippen molar-refractivity contribution in [3.63, 3.8) is 0 Å². The van der Waals surface area contributed by atoms with Crippen LogP contribution in [-0.2, 0) is 4.74 Å². The molecule has 0 amide bonds. The molecule has 0 saturated carbocycles. The first-order valence-corrected chi connectivity index (χ1v) is 10.2. The number of benzene rings is 2. The monoisotopic (exact) mass is 491 g/mol. The van der Waals surface area contributed by atoms with E-state index in [9.17, 15) is 18.4 Å². The number of hydrogen-bond donors (Lipinski definition) is 0. The Hall–Kier alpha value is -3.00. The molecule has 0 N–H and O–H groups in total. The number of ether oxygens (including phenoxy) is 2. The quantitative estimate of drug-likeness (QED) is 0.305. The van der Waals surface area contributed by atoms with Gasteiger partial charge in [-0.2, -0.15) is 8.78 Å². The zero-order valence-electron chi connectivity index (χ0n) is 17.1. The number of nitrogens with zero attached hydrogens (tertiary/aromatic N) is 1. The summed E-state index contributed by atoms with van der Waals surface area (Å²) in [5, 5.41) is 0. The van der Waals surface area contributed by atoms with E-state index < -0.39 is 18.7 Å². The number of ketones is 1. The zero-order chi connectivity index (χ0) is 22.7. The number of halogens is 3. The molecule has 3 rings (SSSR count). The summed E-state index contributed by atoms with van der Waals surface area (Å²) in [6, 6.07) is 14.5. The summed E-state index contributed by atoms with van der Waals surface area (Å²) in [5.41, 5.74) is 2.88. The first-order valence-electron chi connectivity index (χ1n) is 9.42. The van der Waals surface area contributed by atoms with E-state index in [-0.39, 0.29) is 11.5 Å². The van der Waals surface area contributed by atoms with Crippen LogP contribution in [-0.4, -0.2) is 29.0 Å². The smallest absolute Gasteiger partial charge is 0.387 e. The summed E-state index contributed by atoms with van der Waals surface area (Å²) in [6.45, 7) is 2.23. The molecule has 0 fully saturated rings. The highest BCUT2D eigenvalue weighted by atomic mass is 79.9. The van der Waals surface area contributed by atoms with Gasteiger partial charge in [-0.1, -0.05) is 15.9 Å². The van der Waals surface area contributed by atoms with E-state index in [1.54, 1.807) is 49.4 Å². The number of esters is 1. The Bertz CT molecular complexity index is 1090. The SMILES string of the molecule is Cc1cc(C(=O)C(C)OC(=O)c2ccc(Br)cc2)c(C)n1-c1ccc(OC(F)F)cc1. The molecule has 1 unspecified atom stereocenters. The van der Waals surface area contributed by atoms with Crippen LogP contribution >= 0.6 is 15.9 Å². The van der Waals surface area contributed by atoms with Gasteiger partial charge in [-0.15, -0.1) is 0 Å². The Balaban J connectivity index is 1.79. The van der Waals surface area contributed by atoms with Gasteiger partial charge in [-0.05, 0) is 75.4 Å². The molecule has 162 valence electrons. The maximum Gasteiger partial charge on any atom is 0.387 e. The molecule has 0 aliphatic heterocycles.